The summed E-state index contributed by atoms with van der Waals surface area (Å²) in [6, 6.07) is 2.87. The molecule has 0 aromatic carbocycles. The first kappa shape index (κ1) is 10.1. The molecule has 1 heterocycles. The van der Waals surface area contributed by atoms with Gasteiger partial charge in [0.25, 0.3) is 0 Å². The largest absolute Gasteiger partial charge is 1.00 e. The summed E-state index contributed by atoms with van der Waals surface area (Å²) in [6.07, 6.45) is 2.87. The van der Waals surface area contributed by atoms with Crippen LogP contribution in [0.3, 0.4) is 0 Å². The van der Waals surface area contributed by atoms with E-state index in [2.05, 4.69) is 4.98 Å². The average Bonchev–Trinajstić information content (AvgIpc) is 1.90. The van der Waals surface area contributed by atoms with E-state index >= 15 is 0 Å². The van der Waals surface area contributed by atoms with Crippen molar-refractivity contribution in [2.75, 3.05) is 0 Å². The van der Waals surface area contributed by atoms with Crippen LogP contribution in [0.15, 0.2) is 29.4 Å². The van der Waals surface area contributed by atoms with Crippen molar-refractivity contribution in [1.29, 1.82) is 0 Å². The SMILES string of the molecule is O=[S-](=O)c1ccncc1.[Na+]. The fourth-order valence-electron chi connectivity index (χ4n) is 0.449. The third kappa shape index (κ3) is 2.79. The zero-order valence-corrected chi connectivity index (χ0v) is 8.30. The van der Waals surface area contributed by atoms with Crippen LogP contribution in [0.2, 0.25) is 0 Å². The Morgan fingerprint density at radius 2 is 1.70 bits per heavy atom. The Kier molecular flexibility index (Phi) is 4.89. The Hall–Kier alpha value is 0.1000. The molecule has 5 heteroatoms. The summed E-state index contributed by atoms with van der Waals surface area (Å²) >= 11 is 0. The zero-order valence-electron chi connectivity index (χ0n) is 5.48. The fraction of sp³-hybridized carbons (Fsp3) is 0. The molecule has 0 aliphatic heterocycles. The molecule has 48 valence electrons. The Morgan fingerprint density at radius 1 is 1.20 bits per heavy atom. The van der Waals surface area contributed by atoms with Crippen LogP contribution in [0.1, 0.15) is 0 Å². The second kappa shape index (κ2) is 4.85. The molecule has 0 aliphatic carbocycles. The van der Waals surface area contributed by atoms with E-state index in [9.17, 15) is 8.42 Å². The fourth-order valence-corrected chi connectivity index (χ4v) is 0.793. The van der Waals surface area contributed by atoms with Gasteiger partial charge in [-0.1, -0.05) is 17.0 Å². The summed E-state index contributed by atoms with van der Waals surface area (Å²) < 4.78 is 20.3. The molecule has 1 rings (SSSR count). The zero-order chi connectivity index (χ0) is 6.69. The Labute approximate surface area is 82.7 Å². The predicted molar refractivity (Wildman–Crippen MR) is 31.2 cm³/mol. The van der Waals surface area contributed by atoms with Gasteiger partial charge in [0.15, 0.2) is 0 Å². The first-order valence-corrected chi connectivity index (χ1v) is 3.37. The Morgan fingerprint density at radius 3 is 2.00 bits per heavy atom. The first-order valence-electron chi connectivity index (χ1n) is 2.30. The van der Waals surface area contributed by atoms with Crippen molar-refractivity contribution in [3.05, 3.63) is 24.5 Å². The topological polar surface area (TPSA) is 47.0 Å². The Bertz CT molecular complexity index is 252. The Balaban J connectivity index is 0.000000810. The third-order valence-electron chi connectivity index (χ3n) is 0.842. The van der Waals surface area contributed by atoms with E-state index in [1.54, 1.807) is 0 Å². The molecule has 1 aromatic rings. The maximum Gasteiger partial charge on any atom is 1.00 e. The summed E-state index contributed by atoms with van der Waals surface area (Å²) in [7, 11) is -2.12. The van der Waals surface area contributed by atoms with Crippen LogP contribution in [0.25, 0.3) is 0 Å². The van der Waals surface area contributed by atoms with Crippen LogP contribution >= 0.6 is 0 Å². The summed E-state index contributed by atoms with van der Waals surface area (Å²) in [5.74, 6) is 0. The van der Waals surface area contributed by atoms with Crippen molar-refractivity contribution in [3.63, 3.8) is 0 Å². The smallest absolute Gasteiger partial charge is 0.420 e. The van der Waals surface area contributed by atoms with Gasteiger partial charge >= 0.3 is 29.6 Å². The summed E-state index contributed by atoms with van der Waals surface area (Å²) in [4.78, 5) is 3.92. The molecule has 10 heavy (non-hydrogen) atoms. The normalized spacial score (nSPS) is 8.90. The van der Waals surface area contributed by atoms with Gasteiger partial charge in [0.1, 0.15) is 0 Å². The van der Waals surface area contributed by atoms with Gasteiger partial charge in [-0.05, 0) is 10.7 Å². The quantitative estimate of drug-likeness (QED) is 0.349. The molecule has 0 spiro atoms. The van der Waals surface area contributed by atoms with Crippen molar-refractivity contribution in [2.24, 2.45) is 0 Å². The molecule has 0 saturated carbocycles. The van der Waals surface area contributed by atoms with Gasteiger partial charge in [0.2, 0.25) is 0 Å². The van der Waals surface area contributed by atoms with Crippen molar-refractivity contribution in [3.8, 4) is 0 Å². The molecule has 0 aliphatic rings. The van der Waals surface area contributed by atoms with Gasteiger partial charge in [0, 0.05) is 12.4 Å². The van der Waals surface area contributed by atoms with Crippen LogP contribution in [-0.4, -0.2) is 4.98 Å². The van der Waals surface area contributed by atoms with Crippen molar-refractivity contribution in [2.45, 2.75) is 4.90 Å². The van der Waals surface area contributed by atoms with E-state index in [4.69, 9.17) is 0 Å². The minimum absolute atomic E-state index is 0. The number of hydrogen-bond acceptors (Lipinski definition) is 4. The third-order valence-corrected chi connectivity index (χ3v) is 1.50. The summed E-state index contributed by atoms with van der Waals surface area (Å²) in [6.45, 7) is 0. The molecule has 1 aromatic heterocycles. The molecule has 0 radical (unpaired) electrons. The number of nitrogens with zero attached hydrogens (tertiary/aromatic N) is 1. The van der Waals surface area contributed by atoms with Crippen molar-refractivity contribution >= 4 is 10.7 Å². The van der Waals surface area contributed by atoms with Gasteiger partial charge in [0.05, 0.1) is 0 Å². The summed E-state index contributed by atoms with van der Waals surface area (Å²) in [5, 5.41) is 0. The maximum absolute atomic E-state index is 10.2. The molecular formula is C5H4NNaO2S. The predicted octanol–water partition coefficient (Wildman–Crippen LogP) is -2.25. The second-order valence-corrected chi connectivity index (χ2v) is 2.36. The average molecular weight is 165 g/mol. The summed E-state index contributed by atoms with van der Waals surface area (Å²) in [5.41, 5.74) is 0. The van der Waals surface area contributed by atoms with Crippen LogP contribution in [-0.2, 0) is 19.1 Å². The molecule has 0 fully saturated rings. The molecule has 3 nitrogen and oxygen atoms in total. The van der Waals surface area contributed by atoms with Gasteiger partial charge in [-0.15, -0.1) is 0 Å². The maximum atomic E-state index is 10.2. The first-order chi connectivity index (χ1) is 4.30. The van der Waals surface area contributed by atoms with Crippen LogP contribution in [0.5, 0.6) is 0 Å². The molecular weight excluding hydrogens is 161 g/mol. The molecule has 0 atom stereocenters. The van der Waals surface area contributed by atoms with Crippen molar-refractivity contribution in [1.82, 2.24) is 4.98 Å². The van der Waals surface area contributed by atoms with E-state index in [0.29, 0.717) is 0 Å². The van der Waals surface area contributed by atoms with E-state index in [-0.39, 0.29) is 34.5 Å². The van der Waals surface area contributed by atoms with Gasteiger partial charge in [-0.2, -0.15) is 0 Å². The van der Waals surface area contributed by atoms with Gasteiger partial charge < -0.3 is 8.42 Å². The molecule has 0 N–H and O–H groups in total. The number of pyridine rings is 1. The number of rotatable bonds is 1. The second-order valence-electron chi connectivity index (χ2n) is 1.42. The minimum Gasteiger partial charge on any atom is -0.420 e. The molecule has 0 amide bonds. The number of aromatic nitrogens is 1. The van der Waals surface area contributed by atoms with E-state index in [1.165, 1.54) is 24.5 Å². The number of hydrogen-bond donors (Lipinski definition) is 0. The molecule has 0 bridgehead atoms. The van der Waals surface area contributed by atoms with E-state index < -0.39 is 10.7 Å². The molecule has 0 unspecified atom stereocenters. The monoisotopic (exact) mass is 165 g/mol. The van der Waals surface area contributed by atoms with Gasteiger partial charge in [-0.25, -0.2) is 0 Å². The van der Waals surface area contributed by atoms with E-state index in [1.807, 2.05) is 0 Å². The molecule has 0 saturated heterocycles. The van der Waals surface area contributed by atoms with Crippen LogP contribution < -0.4 is 29.6 Å². The van der Waals surface area contributed by atoms with Crippen LogP contribution in [0, 0.1) is 0 Å². The van der Waals surface area contributed by atoms with Crippen molar-refractivity contribution < 1.29 is 38.0 Å². The minimum atomic E-state index is -2.12. The van der Waals surface area contributed by atoms with E-state index in [0.717, 1.165) is 0 Å². The van der Waals surface area contributed by atoms with Gasteiger partial charge in [-0.3, -0.25) is 4.98 Å². The standard InChI is InChI=1S/C5H4NO2S.Na/c7-9(8)5-1-3-6-4-2-5;/h1-4H;/q-1;+1. The van der Waals surface area contributed by atoms with Crippen LogP contribution in [0.4, 0.5) is 0 Å².